The number of hydrogen-bond acceptors (Lipinski definition) is 3. The van der Waals surface area contributed by atoms with Gasteiger partial charge >= 0.3 is 0 Å². The Labute approximate surface area is 127 Å². The first-order valence-electron chi connectivity index (χ1n) is 7.83. The minimum atomic E-state index is -0.0805. The quantitative estimate of drug-likeness (QED) is 0.896. The summed E-state index contributed by atoms with van der Waals surface area (Å²) in [4.78, 5) is 14.4. The molecule has 1 aliphatic carbocycles. The highest BCUT2D eigenvalue weighted by Gasteiger charge is 2.27. The van der Waals surface area contributed by atoms with E-state index in [9.17, 15) is 9.90 Å². The van der Waals surface area contributed by atoms with E-state index in [1.54, 1.807) is 17.0 Å². The molecule has 0 bridgehead atoms. The van der Waals surface area contributed by atoms with E-state index in [-0.39, 0.29) is 17.7 Å². The summed E-state index contributed by atoms with van der Waals surface area (Å²) in [6.07, 6.45) is 4.25. The number of carbonyl (C=O) groups is 1. The third-order valence-electron chi connectivity index (χ3n) is 4.44. The van der Waals surface area contributed by atoms with Crippen molar-refractivity contribution < 1.29 is 9.90 Å². The normalized spacial score (nSPS) is 22.0. The van der Waals surface area contributed by atoms with E-state index in [1.165, 1.54) is 0 Å². The van der Waals surface area contributed by atoms with Gasteiger partial charge in [-0.25, -0.2) is 0 Å². The molecule has 21 heavy (non-hydrogen) atoms. The maximum Gasteiger partial charge on any atom is 0.257 e. The summed E-state index contributed by atoms with van der Waals surface area (Å²) in [5, 5.41) is 13.4. The molecule has 1 aliphatic rings. The molecule has 1 aromatic carbocycles. The number of phenolic OH excluding ortho intramolecular Hbond substituents is 1. The largest absolute Gasteiger partial charge is 0.507 e. The minimum Gasteiger partial charge on any atom is -0.507 e. The lowest BCUT2D eigenvalue weighted by atomic mass is 9.90. The summed E-state index contributed by atoms with van der Waals surface area (Å²) in [6.45, 7) is 5.06. The van der Waals surface area contributed by atoms with Crippen LogP contribution in [0.25, 0.3) is 0 Å². The molecule has 0 atom stereocenters. The molecule has 4 heteroatoms. The predicted octanol–water partition coefficient (Wildman–Crippen LogP) is 2.69. The molecule has 116 valence electrons. The Morgan fingerprint density at radius 3 is 2.62 bits per heavy atom. The van der Waals surface area contributed by atoms with Gasteiger partial charge in [0.15, 0.2) is 0 Å². The summed E-state index contributed by atoms with van der Waals surface area (Å²) >= 11 is 0. The van der Waals surface area contributed by atoms with Gasteiger partial charge in [0, 0.05) is 19.1 Å². The summed E-state index contributed by atoms with van der Waals surface area (Å²) < 4.78 is 0. The van der Waals surface area contributed by atoms with Gasteiger partial charge in [0.2, 0.25) is 0 Å². The molecule has 0 aromatic heterocycles. The lowest BCUT2D eigenvalue weighted by molar-refractivity contribution is 0.0681. The zero-order chi connectivity index (χ0) is 15.4. The Kier molecular flexibility index (Phi) is 5.23. The summed E-state index contributed by atoms with van der Waals surface area (Å²) in [5.74, 6) is -0.0121. The van der Waals surface area contributed by atoms with Crippen molar-refractivity contribution in [1.29, 1.82) is 0 Å². The van der Waals surface area contributed by atoms with Crippen LogP contribution in [0.3, 0.4) is 0 Å². The lowest BCUT2D eigenvalue weighted by Crippen LogP contribution is -2.43. The second-order valence-corrected chi connectivity index (χ2v) is 6.00. The third kappa shape index (κ3) is 3.76. The number of aryl methyl sites for hydroxylation is 1. The lowest BCUT2D eigenvalue weighted by Gasteiger charge is -2.35. The van der Waals surface area contributed by atoms with Gasteiger partial charge in [0.25, 0.3) is 5.91 Å². The van der Waals surface area contributed by atoms with Crippen LogP contribution in [-0.2, 0) is 0 Å². The number of benzene rings is 1. The number of rotatable bonds is 4. The first-order chi connectivity index (χ1) is 10.0. The number of nitrogens with one attached hydrogen (secondary N) is 1. The van der Waals surface area contributed by atoms with Gasteiger partial charge in [-0.15, -0.1) is 0 Å². The van der Waals surface area contributed by atoms with E-state index in [2.05, 4.69) is 12.2 Å². The molecule has 1 saturated carbocycles. The minimum absolute atomic E-state index is 0.0683. The SMILES string of the molecule is CCNC1CCC(N(C)C(=O)c2cc(C)ccc2O)CC1. The predicted molar refractivity (Wildman–Crippen MR) is 84.7 cm³/mol. The fourth-order valence-corrected chi connectivity index (χ4v) is 3.13. The number of phenols is 1. The van der Waals surface area contributed by atoms with E-state index in [0.717, 1.165) is 37.8 Å². The highest BCUT2D eigenvalue weighted by Crippen LogP contribution is 2.26. The molecule has 0 spiro atoms. The van der Waals surface area contributed by atoms with Gasteiger partial charge in [-0.05, 0) is 51.3 Å². The Morgan fingerprint density at radius 2 is 2.00 bits per heavy atom. The van der Waals surface area contributed by atoms with Crippen LogP contribution in [0.1, 0.15) is 48.5 Å². The Bertz CT molecular complexity index is 494. The maximum atomic E-state index is 12.6. The molecule has 4 nitrogen and oxygen atoms in total. The molecule has 1 fully saturated rings. The number of hydrogen-bond donors (Lipinski definition) is 2. The molecular formula is C17H26N2O2. The first kappa shape index (κ1) is 15.8. The summed E-state index contributed by atoms with van der Waals surface area (Å²) in [5.41, 5.74) is 1.40. The average Bonchev–Trinajstić information content (AvgIpc) is 2.49. The van der Waals surface area contributed by atoms with Crippen LogP contribution in [0, 0.1) is 6.92 Å². The van der Waals surface area contributed by atoms with Crippen molar-refractivity contribution >= 4 is 5.91 Å². The molecule has 1 aromatic rings. The second-order valence-electron chi connectivity index (χ2n) is 6.00. The van der Waals surface area contributed by atoms with Crippen molar-refractivity contribution in [3.05, 3.63) is 29.3 Å². The van der Waals surface area contributed by atoms with Gasteiger partial charge in [-0.1, -0.05) is 18.6 Å². The Morgan fingerprint density at radius 1 is 1.33 bits per heavy atom. The Balaban J connectivity index is 2.01. The molecule has 2 N–H and O–H groups in total. The van der Waals surface area contributed by atoms with Crippen molar-refractivity contribution in [3.63, 3.8) is 0 Å². The van der Waals surface area contributed by atoms with Crippen molar-refractivity contribution in [3.8, 4) is 5.75 Å². The smallest absolute Gasteiger partial charge is 0.257 e. The van der Waals surface area contributed by atoms with Gasteiger partial charge < -0.3 is 15.3 Å². The van der Waals surface area contributed by atoms with E-state index < -0.39 is 0 Å². The van der Waals surface area contributed by atoms with Crippen LogP contribution < -0.4 is 5.32 Å². The average molecular weight is 290 g/mol. The molecule has 0 aliphatic heterocycles. The molecule has 0 unspecified atom stereocenters. The van der Waals surface area contributed by atoms with Crippen molar-refractivity contribution in [2.75, 3.05) is 13.6 Å². The third-order valence-corrected chi connectivity index (χ3v) is 4.44. The molecule has 0 heterocycles. The fourth-order valence-electron chi connectivity index (χ4n) is 3.13. The number of carbonyl (C=O) groups excluding carboxylic acids is 1. The fraction of sp³-hybridized carbons (Fsp3) is 0.588. The molecule has 1 amide bonds. The highest BCUT2D eigenvalue weighted by molar-refractivity contribution is 5.97. The van der Waals surface area contributed by atoms with Crippen molar-refractivity contribution in [2.24, 2.45) is 0 Å². The zero-order valence-corrected chi connectivity index (χ0v) is 13.2. The molecular weight excluding hydrogens is 264 g/mol. The number of amides is 1. The van der Waals surface area contributed by atoms with Crippen molar-refractivity contribution in [1.82, 2.24) is 10.2 Å². The van der Waals surface area contributed by atoms with Gasteiger partial charge in [0.1, 0.15) is 5.75 Å². The summed E-state index contributed by atoms with van der Waals surface area (Å²) in [6, 6.07) is 6.03. The molecule has 0 saturated heterocycles. The number of nitrogens with zero attached hydrogens (tertiary/aromatic N) is 1. The highest BCUT2D eigenvalue weighted by atomic mass is 16.3. The van der Waals surface area contributed by atoms with Gasteiger partial charge in [-0.2, -0.15) is 0 Å². The Hall–Kier alpha value is -1.55. The topological polar surface area (TPSA) is 52.6 Å². The summed E-state index contributed by atoms with van der Waals surface area (Å²) in [7, 11) is 1.85. The standard InChI is InChI=1S/C17H26N2O2/c1-4-18-13-6-8-14(9-7-13)19(3)17(21)15-11-12(2)5-10-16(15)20/h5,10-11,13-14,18,20H,4,6-9H2,1-3H3. The van der Waals surface area contributed by atoms with Crippen molar-refractivity contribution in [2.45, 2.75) is 51.6 Å². The maximum absolute atomic E-state index is 12.6. The molecule has 2 rings (SSSR count). The second kappa shape index (κ2) is 6.94. The first-order valence-corrected chi connectivity index (χ1v) is 7.83. The van der Waals surface area contributed by atoms with Crippen LogP contribution >= 0.6 is 0 Å². The van der Waals surface area contributed by atoms with Crippen LogP contribution in [-0.4, -0.2) is 41.6 Å². The van der Waals surface area contributed by atoms with E-state index in [4.69, 9.17) is 0 Å². The van der Waals surface area contributed by atoms with Gasteiger partial charge in [-0.3, -0.25) is 4.79 Å². The van der Waals surface area contributed by atoms with E-state index in [1.807, 2.05) is 20.0 Å². The van der Waals surface area contributed by atoms with Crippen LogP contribution in [0.5, 0.6) is 5.75 Å². The monoisotopic (exact) mass is 290 g/mol. The zero-order valence-electron chi connectivity index (χ0n) is 13.2. The van der Waals surface area contributed by atoms with E-state index in [0.29, 0.717) is 11.6 Å². The van der Waals surface area contributed by atoms with Crippen LogP contribution in [0.15, 0.2) is 18.2 Å². The molecule has 0 radical (unpaired) electrons. The van der Waals surface area contributed by atoms with E-state index >= 15 is 0 Å². The van der Waals surface area contributed by atoms with Crippen LogP contribution in [0.2, 0.25) is 0 Å². The van der Waals surface area contributed by atoms with Gasteiger partial charge in [0.05, 0.1) is 5.56 Å². The van der Waals surface area contributed by atoms with Crippen LogP contribution in [0.4, 0.5) is 0 Å². The number of aromatic hydroxyl groups is 1.